The molecular weight excluding hydrogens is 1190 g/mol. The Morgan fingerprint density at radius 2 is 0.467 bits per heavy atom. The van der Waals surface area contributed by atoms with Crippen molar-refractivity contribution in [1.29, 1.82) is 0 Å². The third-order valence-corrected chi connectivity index (χ3v) is 18.2. The Kier molecular flexibility index (Phi) is 59.4. The van der Waals surface area contributed by atoms with Crippen molar-refractivity contribution in [3.63, 3.8) is 0 Å². The first-order chi connectivity index (χ1) is 43.1. The highest BCUT2D eigenvalue weighted by Gasteiger charge is 2.30. The number of carbonyl (C=O) groups is 4. The number of rotatable bonds is 68. The Hall–Kier alpha value is -1.94. The summed E-state index contributed by atoms with van der Waals surface area (Å²) in [5, 5.41) is 10.6. The zero-order valence-electron chi connectivity index (χ0n) is 58.8. The van der Waals surface area contributed by atoms with Gasteiger partial charge in [0.05, 0.1) is 26.4 Å². The van der Waals surface area contributed by atoms with Crippen molar-refractivity contribution in [1.82, 2.24) is 0 Å². The number of phosphoric acid groups is 2. The number of aliphatic hydroxyl groups excluding tert-OH is 1. The Morgan fingerprint density at radius 1 is 0.278 bits per heavy atom. The van der Waals surface area contributed by atoms with Crippen LogP contribution in [0.2, 0.25) is 0 Å². The first kappa shape index (κ1) is 88.1. The molecule has 17 nitrogen and oxygen atoms in total. The van der Waals surface area contributed by atoms with Crippen LogP contribution in [0.25, 0.3) is 0 Å². The lowest BCUT2D eigenvalue weighted by atomic mass is 10.0. The molecule has 0 fully saturated rings. The highest BCUT2D eigenvalue weighted by Crippen LogP contribution is 2.45. The summed E-state index contributed by atoms with van der Waals surface area (Å²) in [6.45, 7) is 14.0. The fourth-order valence-electron chi connectivity index (χ4n) is 10.7. The lowest BCUT2D eigenvalue weighted by molar-refractivity contribution is -0.161. The maximum Gasteiger partial charge on any atom is 0.472 e. The van der Waals surface area contributed by atoms with E-state index in [4.69, 9.17) is 37.0 Å². The van der Waals surface area contributed by atoms with E-state index >= 15 is 0 Å². The lowest BCUT2D eigenvalue weighted by Gasteiger charge is -2.21. The SMILES string of the molecule is CC(C)CCCCCCCCCCCCCCCCCCC(=O)O[C@H](COC(=O)CCCCCCCCCC(C)C)COP(=O)(O)OC[C@@H](O)COP(=O)(O)OC[C@@H](COC(=O)CCCCCCCCC(C)C)OC(=O)CCCCCCCCCCCC(C)C. The van der Waals surface area contributed by atoms with Gasteiger partial charge in [0.15, 0.2) is 12.2 Å². The van der Waals surface area contributed by atoms with Gasteiger partial charge in [-0.25, -0.2) is 9.13 Å². The van der Waals surface area contributed by atoms with Gasteiger partial charge in [0, 0.05) is 25.7 Å². The van der Waals surface area contributed by atoms with E-state index in [0.717, 1.165) is 115 Å². The van der Waals surface area contributed by atoms with Crippen molar-refractivity contribution in [3.05, 3.63) is 0 Å². The van der Waals surface area contributed by atoms with Gasteiger partial charge in [0.25, 0.3) is 0 Å². The van der Waals surface area contributed by atoms with Crippen LogP contribution in [0.15, 0.2) is 0 Å². The predicted molar refractivity (Wildman–Crippen MR) is 363 cm³/mol. The molecule has 534 valence electrons. The van der Waals surface area contributed by atoms with E-state index < -0.39 is 97.5 Å². The number of hydrogen-bond acceptors (Lipinski definition) is 15. The molecule has 19 heteroatoms. The number of hydrogen-bond donors (Lipinski definition) is 3. The second-order valence-corrected chi connectivity index (χ2v) is 30.4. The fraction of sp³-hybridized carbons (Fsp3) is 0.944. The molecule has 5 atom stereocenters. The van der Waals surface area contributed by atoms with Gasteiger partial charge >= 0.3 is 39.5 Å². The molecule has 0 heterocycles. The van der Waals surface area contributed by atoms with Gasteiger partial charge in [-0.05, 0) is 49.4 Å². The molecule has 0 aromatic rings. The molecule has 2 unspecified atom stereocenters. The van der Waals surface area contributed by atoms with Crippen molar-refractivity contribution in [3.8, 4) is 0 Å². The van der Waals surface area contributed by atoms with Crippen LogP contribution in [0.4, 0.5) is 0 Å². The first-order valence-corrected chi connectivity index (χ1v) is 39.7. The smallest absolute Gasteiger partial charge is 0.462 e. The lowest BCUT2D eigenvalue weighted by Crippen LogP contribution is -2.30. The molecule has 0 aliphatic heterocycles. The van der Waals surface area contributed by atoms with Gasteiger partial charge in [0.2, 0.25) is 0 Å². The molecule has 3 N–H and O–H groups in total. The normalized spacial score (nSPS) is 14.3. The van der Waals surface area contributed by atoms with Gasteiger partial charge in [-0.1, -0.05) is 299 Å². The van der Waals surface area contributed by atoms with Crippen molar-refractivity contribution >= 4 is 39.5 Å². The zero-order chi connectivity index (χ0) is 66.8. The highest BCUT2D eigenvalue weighted by molar-refractivity contribution is 7.47. The number of carbonyl (C=O) groups excluding carboxylic acids is 4. The quantitative estimate of drug-likeness (QED) is 0.0222. The second-order valence-electron chi connectivity index (χ2n) is 27.5. The molecule has 0 aliphatic rings. The van der Waals surface area contributed by atoms with Crippen LogP contribution in [-0.2, 0) is 65.4 Å². The van der Waals surface area contributed by atoms with Crippen molar-refractivity contribution in [2.24, 2.45) is 23.7 Å². The van der Waals surface area contributed by atoms with Crippen LogP contribution in [0, 0.1) is 23.7 Å². The topological polar surface area (TPSA) is 237 Å². The standard InChI is InChI=1S/C71H138O17P2/c1-61(2)47-39-31-23-18-15-13-11-9-10-12-14-16-20-26-37-45-53-70(75)87-66(57-81-68(73)51-43-35-28-22-25-33-41-49-63(5)6)59-85-89(77,78)83-55-65(72)56-84-90(79,80)86-60-67(58-82-69(74)52-44-36-30-29-34-42-50-64(7)8)88-71(76)54-46-38-27-21-17-19-24-32-40-48-62(3)4/h61-67,72H,9-60H2,1-8H3,(H,77,78)(H,79,80)/t65-,66-,67-/m1/s1. The monoisotopic (exact) mass is 1320 g/mol. The number of ether oxygens (including phenoxy) is 4. The summed E-state index contributed by atoms with van der Waals surface area (Å²) in [6, 6.07) is 0. The highest BCUT2D eigenvalue weighted by atomic mass is 31.2. The van der Waals surface area contributed by atoms with Crippen LogP contribution >= 0.6 is 15.6 Å². The summed E-state index contributed by atoms with van der Waals surface area (Å²) in [5.74, 6) is 0.798. The Balaban J connectivity index is 5.19. The Bertz CT molecular complexity index is 1780. The van der Waals surface area contributed by atoms with Gasteiger partial charge < -0.3 is 33.8 Å². The molecule has 0 amide bonds. The van der Waals surface area contributed by atoms with Crippen molar-refractivity contribution < 1.29 is 80.2 Å². The van der Waals surface area contributed by atoms with E-state index in [0.29, 0.717) is 37.5 Å². The summed E-state index contributed by atoms with van der Waals surface area (Å²) in [6.07, 6.45) is 43.4. The van der Waals surface area contributed by atoms with Crippen LogP contribution in [-0.4, -0.2) is 96.7 Å². The third kappa shape index (κ3) is 64.8. The third-order valence-electron chi connectivity index (χ3n) is 16.3. The summed E-state index contributed by atoms with van der Waals surface area (Å²) >= 11 is 0. The number of aliphatic hydroxyl groups is 1. The number of esters is 4. The minimum Gasteiger partial charge on any atom is -0.462 e. The summed E-state index contributed by atoms with van der Waals surface area (Å²) in [4.78, 5) is 72.5. The molecule has 0 bridgehead atoms. The minimum atomic E-state index is -4.95. The van der Waals surface area contributed by atoms with Crippen LogP contribution < -0.4 is 0 Å². The predicted octanol–water partition coefficient (Wildman–Crippen LogP) is 20.1. The Morgan fingerprint density at radius 3 is 0.689 bits per heavy atom. The molecule has 0 aliphatic carbocycles. The fourth-order valence-corrected chi connectivity index (χ4v) is 12.2. The molecule has 0 spiro atoms. The van der Waals surface area contributed by atoms with E-state index in [2.05, 4.69) is 55.4 Å². The van der Waals surface area contributed by atoms with E-state index in [1.165, 1.54) is 141 Å². The number of phosphoric ester groups is 2. The van der Waals surface area contributed by atoms with E-state index in [-0.39, 0.29) is 25.7 Å². The van der Waals surface area contributed by atoms with Crippen LogP contribution in [0.5, 0.6) is 0 Å². The zero-order valence-corrected chi connectivity index (χ0v) is 60.6. The van der Waals surface area contributed by atoms with Gasteiger partial charge in [0.1, 0.15) is 19.3 Å². The average molecular weight is 1330 g/mol. The van der Waals surface area contributed by atoms with Crippen molar-refractivity contribution in [2.45, 2.75) is 369 Å². The second kappa shape index (κ2) is 60.7. The summed E-state index contributed by atoms with van der Waals surface area (Å²) < 4.78 is 68.2. The molecule has 0 aromatic heterocycles. The maximum atomic E-state index is 13.0. The van der Waals surface area contributed by atoms with Crippen LogP contribution in [0.3, 0.4) is 0 Å². The molecule has 0 radical (unpaired) electrons. The van der Waals surface area contributed by atoms with E-state index in [1.54, 1.807) is 0 Å². The first-order valence-electron chi connectivity index (χ1n) is 36.7. The molecule has 0 aromatic carbocycles. The molecule has 0 saturated heterocycles. The summed E-state index contributed by atoms with van der Waals surface area (Å²) in [7, 11) is -9.90. The van der Waals surface area contributed by atoms with E-state index in [1.807, 2.05) is 0 Å². The van der Waals surface area contributed by atoms with Gasteiger partial charge in [-0.3, -0.25) is 37.3 Å². The molecule has 0 saturated carbocycles. The van der Waals surface area contributed by atoms with Crippen molar-refractivity contribution in [2.75, 3.05) is 39.6 Å². The molecular formula is C71H138O17P2. The van der Waals surface area contributed by atoms with E-state index in [9.17, 15) is 43.2 Å². The van der Waals surface area contributed by atoms with Gasteiger partial charge in [-0.2, -0.15) is 0 Å². The van der Waals surface area contributed by atoms with Gasteiger partial charge in [-0.15, -0.1) is 0 Å². The number of unbranched alkanes of at least 4 members (excludes halogenated alkanes) is 34. The maximum absolute atomic E-state index is 13.0. The Labute approximate surface area is 549 Å². The largest absolute Gasteiger partial charge is 0.472 e. The molecule has 0 rings (SSSR count). The molecule has 90 heavy (non-hydrogen) atoms. The minimum absolute atomic E-state index is 0.104. The average Bonchev–Trinajstić information content (AvgIpc) is 3.46. The summed E-state index contributed by atoms with van der Waals surface area (Å²) in [5.41, 5.74) is 0. The van der Waals surface area contributed by atoms with Crippen LogP contribution in [0.1, 0.15) is 351 Å².